The molecule has 0 saturated heterocycles. The number of rotatable bonds is 23. The molecule has 0 unspecified atom stereocenters. The van der Waals surface area contributed by atoms with Gasteiger partial charge in [0, 0.05) is 55.6 Å². The molecular formula is C120H122O22. The first kappa shape index (κ1) is 114. The zero-order valence-corrected chi connectivity index (χ0v) is 84.3. The van der Waals surface area contributed by atoms with Crippen LogP contribution in [-0.4, -0.2) is 143 Å². The molecule has 22 nitrogen and oxygen atoms in total. The SMILES string of the molecule is CC(=O)c1ccc(C(C)=O)cc1.CC(=O)c1ccc2cc(C(C)=O)ccc2c1.COc1ccc(-c2ccc(OC)cc2)cc1.COc1ccc(C(C)=O)cc1.COc1ccc(C(C)=O)cc1.COc1ccc(C(C)=O)cc1.COc1ccc(OC)cc1.COc1ccc(OC)cc1.COc1ccc2cc(C(C)=O)ccc2c1.COc1ccc2cc(C(C)=O)ccc2c1.COc1ccc2cc(C(C)=O)ccc2c1. The van der Waals surface area contributed by atoms with Crippen LogP contribution in [0.2, 0.25) is 0 Å². The van der Waals surface area contributed by atoms with Crippen LogP contribution in [0, 0.1) is 0 Å². The Balaban J connectivity index is 0.000000240. The van der Waals surface area contributed by atoms with E-state index < -0.39 is 0 Å². The minimum atomic E-state index is 0.0186. The zero-order valence-electron chi connectivity index (χ0n) is 84.3. The van der Waals surface area contributed by atoms with Crippen LogP contribution >= 0.6 is 0 Å². The number of Topliss-reactive ketones (excluding diaryl/α,β-unsaturated/α-hetero) is 10. The van der Waals surface area contributed by atoms with Crippen molar-refractivity contribution in [2.24, 2.45) is 0 Å². The average Bonchev–Trinajstić information content (AvgIpc) is 0.828. The molecule has 16 rings (SSSR count). The van der Waals surface area contributed by atoms with E-state index in [-0.39, 0.29) is 57.8 Å². The van der Waals surface area contributed by atoms with Crippen molar-refractivity contribution in [2.45, 2.75) is 69.2 Å². The Hall–Kier alpha value is -17.1. The third-order valence-corrected chi connectivity index (χ3v) is 21.3. The maximum atomic E-state index is 11.2. The van der Waals surface area contributed by atoms with Crippen LogP contribution in [0.15, 0.2) is 340 Å². The van der Waals surface area contributed by atoms with E-state index in [4.69, 9.17) is 56.8 Å². The maximum Gasteiger partial charge on any atom is 0.159 e. The van der Waals surface area contributed by atoms with Crippen LogP contribution in [0.25, 0.3) is 54.2 Å². The van der Waals surface area contributed by atoms with Crippen LogP contribution in [0.5, 0.6) is 69.0 Å². The summed E-state index contributed by atoms with van der Waals surface area (Å²) < 4.78 is 60.3. The average molecular weight is 1920 g/mol. The van der Waals surface area contributed by atoms with Crippen LogP contribution in [0.3, 0.4) is 0 Å². The van der Waals surface area contributed by atoms with Crippen molar-refractivity contribution in [1.82, 2.24) is 0 Å². The lowest BCUT2D eigenvalue weighted by Crippen LogP contribution is -1.95. The van der Waals surface area contributed by atoms with Crippen molar-refractivity contribution in [1.29, 1.82) is 0 Å². The summed E-state index contributed by atoms with van der Waals surface area (Å²) in [5.41, 5.74) is 9.38. The summed E-state index contributed by atoms with van der Waals surface area (Å²) in [6.45, 7) is 15.5. The summed E-state index contributed by atoms with van der Waals surface area (Å²) in [5.74, 6) is 10.6. The normalized spacial score (nSPS) is 9.76. The Morgan fingerprint density at radius 2 is 0.218 bits per heavy atom. The molecule has 142 heavy (non-hydrogen) atoms. The maximum absolute atomic E-state index is 11.2. The van der Waals surface area contributed by atoms with Crippen LogP contribution in [-0.2, 0) is 0 Å². The van der Waals surface area contributed by atoms with E-state index in [9.17, 15) is 47.9 Å². The summed E-state index contributed by atoms with van der Waals surface area (Å²) in [5, 5.41) is 8.39. The number of ether oxygens (including phenoxy) is 12. The molecular weight excluding hydrogens is 1790 g/mol. The number of ketones is 10. The number of carbonyl (C=O) groups excluding carboxylic acids is 10. The van der Waals surface area contributed by atoms with E-state index in [0.29, 0.717) is 38.9 Å². The fraction of sp³-hybridized carbons (Fsp3) is 0.183. The molecule has 0 saturated carbocycles. The third-order valence-electron chi connectivity index (χ3n) is 21.3. The van der Waals surface area contributed by atoms with Crippen LogP contribution in [0.1, 0.15) is 173 Å². The number of carbonyl (C=O) groups is 10. The van der Waals surface area contributed by atoms with E-state index in [2.05, 4.69) is 0 Å². The molecule has 0 aliphatic carbocycles. The molecule has 0 atom stereocenters. The van der Waals surface area contributed by atoms with E-state index in [1.807, 2.05) is 231 Å². The molecule has 734 valence electrons. The highest BCUT2D eigenvalue weighted by Crippen LogP contribution is 2.29. The van der Waals surface area contributed by atoms with E-state index in [0.717, 1.165) is 129 Å². The summed E-state index contributed by atoms with van der Waals surface area (Å²) in [4.78, 5) is 110. The summed E-state index contributed by atoms with van der Waals surface area (Å²) >= 11 is 0. The van der Waals surface area contributed by atoms with Gasteiger partial charge in [-0.2, -0.15) is 0 Å². The van der Waals surface area contributed by atoms with Crippen LogP contribution < -0.4 is 56.8 Å². The summed E-state index contributed by atoms with van der Waals surface area (Å²) in [6.07, 6.45) is 0. The van der Waals surface area contributed by atoms with E-state index in [1.165, 1.54) is 25.0 Å². The van der Waals surface area contributed by atoms with E-state index >= 15 is 0 Å². The number of benzene rings is 16. The van der Waals surface area contributed by atoms with Gasteiger partial charge < -0.3 is 56.8 Å². The Bertz CT molecular complexity index is 6220. The molecule has 16 aromatic carbocycles. The second kappa shape index (κ2) is 59.8. The molecule has 0 amide bonds. The van der Waals surface area contributed by atoms with Gasteiger partial charge in [0.1, 0.15) is 69.0 Å². The van der Waals surface area contributed by atoms with Gasteiger partial charge >= 0.3 is 0 Å². The van der Waals surface area contributed by atoms with Crippen LogP contribution in [0.4, 0.5) is 0 Å². The molecule has 22 heteroatoms. The molecule has 0 aromatic heterocycles. The Morgan fingerprint density at radius 3 is 0.352 bits per heavy atom. The highest BCUT2D eigenvalue weighted by atomic mass is 16.5. The third kappa shape index (κ3) is 38.1. The molecule has 0 spiro atoms. The quantitative estimate of drug-likeness (QED) is 0.0538. The van der Waals surface area contributed by atoms with Gasteiger partial charge in [0.2, 0.25) is 0 Å². The van der Waals surface area contributed by atoms with Gasteiger partial charge in [0.05, 0.1) is 85.3 Å². The minimum Gasteiger partial charge on any atom is -0.497 e. The number of hydrogen-bond donors (Lipinski definition) is 0. The zero-order chi connectivity index (χ0) is 104. The molecule has 16 aromatic rings. The Morgan fingerprint density at radius 1 is 0.120 bits per heavy atom. The van der Waals surface area contributed by atoms with Gasteiger partial charge in [0.15, 0.2) is 57.8 Å². The monoisotopic (exact) mass is 1910 g/mol. The first-order valence-corrected chi connectivity index (χ1v) is 44.6. The molecule has 0 N–H and O–H groups in total. The standard InChI is InChI=1S/C14H14O2.C14H12O2.3C13H12O2.C10H10O2.3C9H10O2.2C8H10O2/c1-15-13-7-3-11(4-8-13)12-5-9-14(16-2)10-6-12;1-9(15)11-3-5-14-8-12(10(2)16)4-6-13(14)7-11;3*1-9(14)10-3-4-12-8-13(15-2)6-5-11(12)7-10;1-7(11)9-3-5-10(6-4-9)8(2)12;3*1-7(10)8-3-5-9(11-2)6-4-8;2*1-9-7-3-5-8(10-2)6-4-7/h3-10H,1-2H3;3-8H,1-2H3;3*3-8H,1-2H3;3-6H,1-2H3;3*3-6H,1-2H3;2*3-6H,1-2H3. The van der Waals surface area contributed by atoms with E-state index in [1.54, 1.807) is 250 Å². The van der Waals surface area contributed by atoms with Crippen molar-refractivity contribution in [2.75, 3.05) is 85.3 Å². The van der Waals surface area contributed by atoms with Gasteiger partial charge in [0.25, 0.3) is 0 Å². The molecule has 0 heterocycles. The van der Waals surface area contributed by atoms with Crippen molar-refractivity contribution in [3.05, 3.63) is 395 Å². The van der Waals surface area contributed by atoms with Crippen molar-refractivity contribution < 1.29 is 105 Å². The van der Waals surface area contributed by atoms with Crippen molar-refractivity contribution in [3.63, 3.8) is 0 Å². The Labute approximate surface area is 831 Å². The Kier molecular flexibility index (Phi) is 47.8. The molecule has 0 aliphatic heterocycles. The topological polar surface area (TPSA) is 281 Å². The van der Waals surface area contributed by atoms with Crippen molar-refractivity contribution in [3.8, 4) is 80.1 Å². The van der Waals surface area contributed by atoms with Gasteiger partial charge in [-0.05, 0) is 336 Å². The summed E-state index contributed by atoms with van der Waals surface area (Å²) in [7, 11) is 19.6. The molecule has 0 aliphatic rings. The largest absolute Gasteiger partial charge is 0.497 e. The lowest BCUT2D eigenvalue weighted by molar-refractivity contribution is 0.100. The highest BCUT2D eigenvalue weighted by molar-refractivity contribution is 6.04. The van der Waals surface area contributed by atoms with Gasteiger partial charge in [-0.1, -0.05) is 127 Å². The number of fused-ring (bicyclic) bond motifs is 4. The fourth-order valence-corrected chi connectivity index (χ4v) is 12.8. The first-order chi connectivity index (χ1) is 68.1. The number of hydrogen-bond acceptors (Lipinski definition) is 22. The lowest BCUT2D eigenvalue weighted by Gasteiger charge is -2.05. The lowest BCUT2D eigenvalue weighted by atomic mass is 10.0. The fourth-order valence-electron chi connectivity index (χ4n) is 12.8. The van der Waals surface area contributed by atoms with Crippen molar-refractivity contribution >= 4 is 101 Å². The van der Waals surface area contributed by atoms with Gasteiger partial charge in [-0.15, -0.1) is 0 Å². The number of methoxy groups -OCH3 is 12. The summed E-state index contributed by atoms with van der Waals surface area (Å²) in [6, 6.07) is 104. The smallest absolute Gasteiger partial charge is 0.159 e. The second-order valence-corrected chi connectivity index (χ2v) is 31.1. The highest BCUT2D eigenvalue weighted by Gasteiger charge is 2.11. The first-order valence-electron chi connectivity index (χ1n) is 44.6. The predicted molar refractivity (Wildman–Crippen MR) is 565 cm³/mol. The second-order valence-electron chi connectivity index (χ2n) is 31.1. The molecule has 0 fully saturated rings. The minimum absolute atomic E-state index is 0.0186. The molecule has 0 bridgehead atoms. The molecule has 0 radical (unpaired) electrons. The van der Waals surface area contributed by atoms with Gasteiger partial charge in [-0.3, -0.25) is 47.9 Å². The predicted octanol–water partition coefficient (Wildman–Crippen LogP) is 27.0. The van der Waals surface area contributed by atoms with Gasteiger partial charge in [-0.25, -0.2) is 0 Å².